The largest absolute Gasteiger partial charge is 0.369 e. The summed E-state index contributed by atoms with van der Waals surface area (Å²) in [6, 6.07) is 2.20. The standard InChI is InChI=1S/C10H10N2OS/c11-5-7-6-3-1-2-4-8(6)14-9(7)10(12)13/h1-2,4,6-7,9H,3H2,(H2,12,13). The molecule has 0 spiro atoms. The highest BCUT2D eigenvalue weighted by molar-refractivity contribution is 8.04. The van der Waals surface area contributed by atoms with Gasteiger partial charge in [0.1, 0.15) is 5.25 Å². The third-order valence-electron chi connectivity index (χ3n) is 2.60. The molecule has 0 saturated carbocycles. The summed E-state index contributed by atoms with van der Waals surface area (Å²) in [5.74, 6) is -0.446. The summed E-state index contributed by atoms with van der Waals surface area (Å²) in [6.07, 6.45) is 6.83. The van der Waals surface area contributed by atoms with Crippen LogP contribution in [0.3, 0.4) is 0 Å². The van der Waals surface area contributed by atoms with Gasteiger partial charge in [-0.3, -0.25) is 4.79 Å². The minimum absolute atomic E-state index is 0.187. The Morgan fingerprint density at radius 1 is 1.71 bits per heavy atom. The van der Waals surface area contributed by atoms with E-state index in [1.54, 1.807) is 0 Å². The monoisotopic (exact) mass is 206 g/mol. The third-order valence-corrected chi connectivity index (χ3v) is 4.09. The van der Waals surface area contributed by atoms with E-state index in [2.05, 4.69) is 6.07 Å². The first-order valence-corrected chi connectivity index (χ1v) is 5.34. The van der Waals surface area contributed by atoms with Crippen LogP contribution in [0.25, 0.3) is 0 Å². The second-order valence-electron chi connectivity index (χ2n) is 3.44. The summed E-state index contributed by atoms with van der Waals surface area (Å²) in [5.41, 5.74) is 5.26. The van der Waals surface area contributed by atoms with Crippen LogP contribution in [0.15, 0.2) is 23.1 Å². The zero-order chi connectivity index (χ0) is 10.1. The topological polar surface area (TPSA) is 66.9 Å². The van der Waals surface area contributed by atoms with Gasteiger partial charge in [-0.2, -0.15) is 5.26 Å². The SMILES string of the molecule is N#CC1C2CC=CC=C2SC1C(N)=O. The summed E-state index contributed by atoms with van der Waals surface area (Å²) in [6.45, 7) is 0. The molecule has 0 bridgehead atoms. The zero-order valence-electron chi connectivity index (χ0n) is 7.51. The van der Waals surface area contributed by atoms with Crippen molar-refractivity contribution in [1.29, 1.82) is 5.26 Å². The van der Waals surface area contributed by atoms with Crippen LogP contribution in [0, 0.1) is 23.2 Å². The molecule has 0 aromatic heterocycles. The van der Waals surface area contributed by atoms with Gasteiger partial charge in [-0.1, -0.05) is 18.2 Å². The first kappa shape index (κ1) is 9.35. The Hall–Kier alpha value is -1.21. The fourth-order valence-electron chi connectivity index (χ4n) is 1.90. The fraction of sp³-hybridized carbons (Fsp3) is 0.400. The number of nitriles is 1. The van der Waals surface area contributed by atoms with Crippen LogP contribution in [0.1, 0.15) is 6.42 Å². The van der Waals surface area contributed by atoms with Gasteiger partial charge in [0.15, 0.2) is 0 Å². The smallest absolute Gasteiger partial charge is 0.232 e. The average Bonchev–Trinajstić information content (AvgIpc) is 2.56. The van der Waals surface area contributed by atoms with E-state index >= 15 is 0 Å². The number of carbonyl (C=O) groups is 1. The molecular weight excluding hydrogens is 196 g/mol. The van der Waals surface area contributed by atoms with Crippen molar-refractivity contribution < 1.29 is 4.79 Å². The maximum atomic E-state index is 11.1. The molecule has 0 radical (unpaired) electrons. The molecule has 3 unspecified atom stereocenters. The number of nitrogens with two attached hydrogens (primary N) is 1. The Morgan fingerprint density at radius 3 is 3.14 bits per heavy atom. The normalized spacial score (nSPS) is 34.5. The average molecular weight is 206 g/mol. The number of fused-ring (bicyclic) bond motifs is 1. The molecule has 1 saturated heterocycles. The zero-order valence-corrected chi connectivity index (χ0v) is 8.33. The molecule has 72 valence electrons. The van der Waals surface area contributed by atoms with Crippen LogP contribution in [-0.4, -0.2) is 11.2 Å². The molecule has 3 atom stereocenters. The molecule has 2 aliphatic rings. The number of carbonyl (C=O) groups excluding carboxylic acids is 1. The van der Waals surface area contributed by atoms with Crippen LogP contribution < -0.4 is 5.73 Å². The first-order valence-electron chi connectivity index (χ1n) is 4.46. The molecule has 1 fully saturated rings. The molecule has 3 nitrogen and oxygen atoms in total. The van der Waals surface area contributed by atoms with Crippen molar-refractivity contribution in [3.05, 3.63) is 23.1 Å². The van der Waals surface area contributed by atoms with E-state index < -0.39 is 0 Å². The van der Waals surface area contributed by atoms with Gasteiger partial charge in [0.25, 0.3) is 0 Å². The van der Waals surface area contributed by atoms with Crippen molar-refractivity contribution in [2.24, 2.45) is 17.6 Å². The Labute approximate surface area is 86.6 Å². The van der Waals surface area contributed by atoms with Crippen molar-refractivity contribution in [3.8, 4) is 6.07 Å². The molecule has 0 aromatic carbocycles. The van der Waals surface area contributed by atoms with E-state index in [0.29, 0.717) is 0 Å². The van der Waals surface area contributed by atoms with E-state index in [1.807, 2.05) is 18.2 Å². The van der Waals surface area contributed by atoms with E-state index in [1.165, 1.54) is 11.8 Å². The number of amides is 1. The Morgan fingerprint density at radius 2 is 2.50 bits per heavy atom. The highest BCUT2D eigenvalue weighted by atomic mass is 32.2. The lowest BCUT2D eigenvalue weighted by molar-refractivity contribution is -0.118. The Kier molecular flexibility index (Phi) is 2.34. The Bertz CT molecular complexity index is 365. The predicted octanol–water partition coefficient (Wildman–Crippen LogP) is 1.19. The van der Waals surface area contributed by atoms with Crippen LogP contribution in [0.4, 0.5) is 0 Å². The third kappa shape index (κ3) is 1.34. The summed E-state index contributed by atoms with van der Waals surface area (Å²) in [7, 11) is 0. The predicted molar refractivity (Wildman–Crippen MR) is 55.0 cm³/mol. The molecule has 2 N–H and O–H groups in total. The van der Waals surface area contributed by atoms with E-state index in [4.69, 9.17) is 11.0 Å². The highest BCUT2D eigenvalue weighted by Gasteiger charge is 2.43. The van der Waals surface area contributed by atoms with Crippen molar-refractivity contribution in [2.45, 2.75) is 11.7 Å². The minimum Gasteiger partial charge on any atom is -0.369 e. The number of hydrogen-bond acceptors (Lipinski definition) is 3. The summed E-state index contributed by atoms with van der Waals surface area (Å²) in [4.78, 5) is 12.2. The van der Waals surface area contributed by atoms with E-state index in [9.17, 15) is 4.79 Å². The second-order valence-corrected chi connectivity index (χ2v) is 4.65. The maximum absolute atomic E-state index is 11.1. The molecule has 1 aliphatic heterocycles. The lowest BCUT2D eigenvalue weighted by Gasteiger charge is -2.15. The number of allylic oxidation sites excluding steroid dienone is 4. The van der Waals surface area contributed by atoms with Crippen molar-refractivity contribution >= 4 is 17.7 Å². The lowest BCUT2D eigenvalue weighted by atomic mass is 9.86. The van der Waals surface area contributed by atoms with Crippen LogP contribution in [0.5, 0.6) is 0 Å². The summed E-state index contributed by atoms with van der Waals surface area (Å²) >= 11 is 1.45. The van der Waals surface area contributed by atoms with Crippen molar-refractivity contribution in [1.82, 2.24) is 0 Å². The molecule has 14 heavy (non-hydrogen) atoms. The van der Waals surface area contributed by atoms with Gasteiger partial charge in [-0.25, -0.2) is 0 Å². The van der Waals surface area contributed by atoms with Crippen molar-refractivity contribution in [2.75, 3.05) is 0 Å². The lowest BCUT2D eigenvalue weighted by Crippen LogP contribution is -2.31. The fourth-order valence-corrected chi connectivity index (χ4v) is 3.28. The number of thioether (sulfide) groups is 1. The van der Waals surface area contributed by atoms with Gasteiger partial charge in [0.2, 0.25) is 5.91 Å². The van der Waals surface area contributed by atoms with Crippen LogP contribution in [-0.2, 0) is 4.79 Å². The minimum atomic E-state index is -0.378. The van der Waals surface area contributed by atoms with E-state index in [0.717, 1.165) is 11.3 Å². The van der Waals surface area contributed by atoms with Gasteiger partial charge in [0, 0.05) is 5.92 Å². The number of primary amides is 1. The van der Waals surface area contributed by atoms with Gasteiger partial charge in [-0.15, -0.1) is 11.8 Å². The van der Waals surface area contributed by atoms with E-state index in [-0.39, 0.29) is 23.0 Å². The molecule has 1 aliphatic carbocycles. The number of hydrogen-bond donors (Lipinski definition) is 1. The van der Waals surface area contributed by atoms with Gasteiger partial charge < -0.3 is 5.73 Å². The summed E-state index contributed by atoms with van der Waals surface area (Å²) in [5, 5.41) is 8.64. The molecular formula is C10H10N2OS. The second kappa shape index (κ2) is 3.50. The molecule has 1 heterocycles. The number of rotatable bonds is 1. The number of nitrogens with zero attached hydrogens (tertiary/aromatic N) is 1. The van der Waals surface area contributed by atoms with Crippen LogP contribution >= 0.6 is 11.8 Å². The molecule has 2 rings (SSSR count). The Balaban J connectivity index is 2.29. The summed E-state index contributed by atoms with van der Waals surface area (Å²) < 4.78 is 0. The van der Waals surface area contributed by atoms with Crippen LogP contribution in [0.2, 0.25) is 0 Å². The molecule has 4 heteroatoms. The van der Waals surface area contributed by atoms with Crippen molar-refractivity contribution in [3.63, 3.8) is 0 Å². The van der Waals surface area contributed by atoms with Gasteiger partial charge in [0.05, 0.1) is 12.0 Å². The maximum Gasteiger partial charge on any atom is 0.232 e. The first-order chi connectivity index (χ1) is 6.74. The molecule has 0 aromatic rings. The van der Waals surface area contributed by atoms with Gasteiger partial charge >= 0.3 is 0 Å². The highest BCUT2D eigenvalue weighted by Crippen LogP contribution is 2.48. The quantitative estimate of drug-likeness (QED) is 0.700. The molecule has 1 amide bonds. The van der Waals surface area contributed by atoms with Gasteiger partial charge in [-0.05, 0) is 11.3 Å².